The summed E-state index contributed by atoms with van der Waals surface area (Å²) in [5, 5.41) is 25.4. The summed E-state index contributed by atoms with van der Waals surface area (Å²) in [4.78, 5) is 38.9. The summed E-state index contributed by atoms with van der Waals surface area (Å²) in [7, 11) is 0. The van der Waals surface area contributed by atoms with Crippen LogP contribution >= 0.6 is 0 Å². The Morgan fingerprint density at radius 2 is 1.55 bits per heavy atom. The van der Waals surface area contributed by atoms with Crippen molar-refractivity contribution in [2.75, 3.05) is 13.2 Å². The van der Waals surface area contributed by atoms with Crippen molar-refractivity contribution in [1.29, 1.82) is 0 Å². The Hall–Kier alpha value is -3.23. The molecule has 172 valence electrons. The van der Waals surface area contributed by atoms with Gasteiger partial charge in [-0.1, -0.05) is 31.2 Å². The Labute approximate surface area is 190 Å². The summed E-state index contributed by atoms with van der Waals surface area (Å²) in [6.45, 7) is 4.21. The number of rotatable bonds is 3. The van der Waals surface area contributed by atoms with Gasteiger partial charge in [-0.15, -0.1) is 0 Å². The summed E-state index contributed by atoms with van der Waals surface area (Å²) in [5.41, 5.74) is -0.303. The van der Waals surface area contributed by atoms with Gasteiger partial charge in [0.1, 0.15) is 11.5 Å². The highest BCUT2D eigenvalue weighted by molar-refractivity contribution is 6.30. The minimum atomic E-state index is -1.15. The molecule has 1 atom stereocenters. The zero-order valence-corrected chi connectivity index (χ0v) is 18.5. The van der Waals surface area contributed by atoms with Crippen LogP contribution in [0.3, 0.4) is 0 Å². The van der Waals surface area contributed by atoms with Crippen LogP contribution < -0.4 is 5.32 Å². The summed E-state index contributed by atoms with van der Waals surface area (Å²) in [6.07, 6.45) is 0.917. The molecule has 2 aliphatic carbocycles. The molecular weight excluding hydrogens is 426 g/mol. The van der Waals surface area contributed by atoms with E-state index in [1.807, 2.05) is 0 Å². The molecule has 1 saturated heterocycles. The molecule has 2 aromatic rings. The lowest BCUT2D eigenvalue weighted by Gasteiger charge is -2.48. The second-order valence-corrected chi connectivity index (χ2v) is 8.91. The van der Waals surface area contributed by atoms with Crippen molar-refractivity contribution in [2.45, 2.75) is 50.9 Å². The van der Waals surface area contributed by atoms with E-state index in [1.165, 1.54) is 12.1 Å². The first kappa shape index (κ1) is 21.6. The first-order valence-electron chi connectivity index (χ1n) is 11.1. The number of nitrogens with one attached hydrogen (secondary N) is 1. The van der Waals surface area contributed by atoms with Gasteiger partial charge in [0.15, 0.2) is 17.4 Å². The summed E-state index contributed by atoms with van der Waals surface area (Å²) < 4.78 is 11.8. The normalized spacial score (nSPS) is 23.0. The Bertz CT molecular complexity index is 1210. The van der Waals surface area contributed by atoms with Crippen LogP contribution in [0.15, 0.2) is 24.3 Å². The van der Waals surface area contributed by atoms with Crippen molar-refractivity contribution in [3.63, 3.8) is 0 Å². The predicted molar refractivity (Wildman–Crippen MR) is 117 cm³/mol. The maximum Gasteiger partial charge on any atom is 0.220 e. The van der Waals surface area contributed by atoms with Gasteiger partial charge in [-0.3, -0.25) is 14.4 Å². The largest absolute Gasteiger partial charge is 0.507 e. The topological polar surface area (TPSA) is 122 Å². The molecule has 0 bridgehead atoms. The van der Waals surface area contributed by atoms with E-state index in [4.69, 9.17) is 9.47 Å². The Morgan fingerprint density at radius 3 is 2.09 bits per heavy atom. The molecule has 1 amide bonds. The Morgan fingerprint density at radius 1 is 1.00 bits per heavy atom. The molecular formula is C25H25NO7. The second-order valence-electron chi connectivity index (χ2n) is 8.91. The number of aromatic hydroxyl groups is 2. The van der Waals surface area contributed by atoms with Gasteiger partial charge in [-0.25, -0.2) is 0 Å². The SMILES string of the molecule is CCC(=O)NC1(C2(C)OCCO2)CCc2c(O)c3c(c(O)c2C1)C(=O)c1ccccc1C3=O. The fourth-order valence-electron chi connectivity index (χ4n) is 5.36. The van der Waals surface area contributed by atoms with Crippen molar-refractivity contribution in [2.24, 2.45) is 0 Å². The van der Waals surface area contributed by atoms with E-state index in [-0.39, 0.29) is 58.9 Å². The van der Waals surface area contributed by atoms with Crippen molar-refractivity contribution in [1.82, 2.24) is 5.32 Å². The number of phenols is 2. The zero-order chi connectivity index (χ0) is 23.5. The number of carbonyl (C=O) groups is 3. The maximum atomic E-state index is 13.3. The van der Waals surface area contributed by atoms with E-state index in [2.05, 4.69) is 5.32 Å². The molecule has 1 aliphatic heterocycles. The van der Waals surface area contributed by atoms with Gasteiger partial charge in [0.25, 0.3) is 0 Å². The van der Waals surface area contributed by atoms with Gasteiger partial charge in [0.05, 0.1) is 29.9 Å². The average molecular weight is 451 g/mol. The van der Waals surface area contributed by atoms with Gasteiger partial charge < -0.3 is 25.0 Å². The summed E-state index contributed by atoms with van der Waals surface area (Å²) >= 11 is 0. The molecule has 0 saturated carbocycles. The van der Waals surface area contributed by atoms with Crippen LogP contribution in [0.25, 0.3) is 0 Å². The number of hydrogen-bond acceptors (Lipinski definition) is 7. The van der Waals surface area contributed by atoms with Crippen LogP contribution in [0.2, 0.25) is 0 Å². The minimum Gasteiger partial charge on any atom is -0.507 e. The molecule has 3 aliphatic rings. The molecule has 2 aromatic carbocycles. The Balaban J connectivity index is 1.69. The minimum absolute atomic E-state index is 0.0698. The fraction of sp³-hybridized carbons (Fsp3) is 0.400. The number of fused-ring (bicyclic) bond motifs is 3. The molecule has 8 nitrogen and oxygen atoms in total. The lowest BCUT2D eigenvalue weighted by molar-refractivity contribution is -0.205. The molecule has 0 aromatic heterocycles. The highest BCUT2D eigenvalue weighted by Gasteiger charge is 2.56. The van der Waals surface area contributed by atoms with E-state index < -0.39 is 22.9 Å². The Kier molecular flexibility index (Phi) is 4.84. The molecule has 8 heteroatoms. The monoisotopic (exact) mass is 451 g/mol. The zero-order valence-electron chi connectivity index (χ0n) is 18.5. The quantitative estimate of drug-likeness (QED) is 0.523. The van der Waals surface area contributed by atoms with E-state index in [1.54, 1.807) is 26.0 Å². The first-order chi connectivity index (χ1) is 15.7. The highest BCUT2D eigenvalue weighted by atomic mass is 16.7. The van der Waals surface area contributed by atoms with E-state index in [0.29, 0.717) is 30.8 Å². The molecule has 1 fully saturated rings. The lowest BCUT2D eigenvalue weighted by atomic mass is 9.70. The van der Waals surface area contributed by atoms with Crippen LogP contribution in [-0.2, 0) is 27.1 Å². The van der Waals surface area contributed by atoms with Crippen molar-refractivity contribution >= 4 is 17.5 Å². The summed E-state index contributed by atoms with van der Waals surface area (Å²) in [5.74, 6) is -3.02. The van der Waals surface area contributed by atoms with Gasteiger partial charge in [0.2, 0.25) is 5.91 Å². The number of phenolic OH excluding ortho intramolecular Hbond substituents is 2. The molecule has 33 heavy (non-hydrogen) atoms. The number of hydrogen-bond donors (Lipinski definition) is 3. The van der Waals surface area contributed by atoms with E-state index in [9.17, 15) is 24.6 Å². The predicted octanol–water partition coefficient (Wildman–Crippen LogP) is 2.39. The van der Waals surface area contributed by atoms with Crippen molar-refractivity contribution in [3.8, 4) is 11.5 Å². The van der Waals surface area contributed by atoms with Crippen LogP contribution in [0, 0.1) is 0 Å². The molecule has 3 N–H and O–H groups in total. The number of ether oxygens (including phenoxy) is 2. The van der Waals surface area contributed by atoms with Crippen LogP contribution in [-0.4, -0.2) is 52.2 Å². The van der Waals surface area contributed by atoms with Gasteiger partial charge >= 0.3 is 0 Å². The average Bonchev–Trinajstić information content (AvgIpc) is 3.28. The smallest absolute Gasteiger partial charge is 0.220 e. The summed E-state index contributed by atoms with van der Waals surface area (Å²) in [6, 6.07) is 6.36. The first-order valence-corrected chi connectivity index (χ1v) is 11.1. The number of amides is 1. The lowest BCUT2D eigenvalue weighted by Crippen LogP contribution is -2.66. The molecule has 1 unspecified atom stereocenters. The standard InChI is InChI=1S/C25H25NO7/c1-3-17(27)26-25(24(2)32-10-11-33-24)9-8-15-16(12-25)23(31)19-18(22(15)30)20(28)13-6-4-5-7-14(13)21(19)29/h4-7,30-31H,3,8-12H2,1-2H3,(H,26,27). The third kappa shape index (κ3) is 2.94. The second kappa shape index (κ2) is 7.40. The van der Waals surface area contributed by atoms with Crippen LogP contribution in [0.4, 0.5) is 0 Å². The molecule has 1 heterocycles. The van der Waals surface area contributed by atoms with Gasteiger partial charge in [-0.05, 0) is 19.8 Å². The van der Waals surface area contributed by atoms with Crippen LogP contribution in [0.5, 0.6) is 11.5 Å². The van der Waals surface area contributed by atoms with E-state index >= 15 is 0 Å². The molecule has 5 rings (SSSR count). The van der Waals surface area contributed by atoms with Gasteiger partial charge in [0, 0.05) is 35.1 Å². The third-order valence-corrected chi connectivity index (χ3v) is 7.22. The third-order valence-electron chi connectivity index (χ3n) is 7.22. The maximum absolute atomic E-state index is 13.3. The number of carbonyl (C=O) groups excluding carboxylic acids is 3. The highest BCUT2D eigenvalue weighted by Crippen LogP contribution is 2.50. The molecule has 0 spiro atoms. The number of benzene rings is 2. The molecule has 0 radical (unpaired) electrons. The van der Waals surface area contributed by atoms with Crippen molar-refractivity contribution < 1.29 is 34.1 Å². The fourth-order valence-corrected chi connectivity index (χ4v) is 5.36. The van der Waals surface area contributed by atoms with E-state index in [0.717, 1.165) is 0 Å². The van der Waals surface area contributed by atoms with Gasteiger partial charge in [-0.2, -0.15) is 0 Å². The van der Waals surface area contributed by atoms with Crippen molar-refractivity contribution in [3.05, 3.63) is 57.6 Å². The van der Waals surface area contributed by atoms with Crippen LogP contribution in [0.1, 0.15) is 69.7 Å². The number of ketones is 2.